The highest BCUT2D eigenvalue weighted by Gasteiger charge is 1.99. The number of pyridine rings is 1. The molecule has 0 aliphatic rings. The second-order valence-electron chi connectivity index (χ2n) is 2.17. The Morgan fingerprint density at radius 1 is 1.67 bits per heavy atom. The molecule has 0 aromatic carbocycles. The third-order valence-corrected chi connectivity index (χ3v) is 1.35. The second kappa shape index (κ2) is 3.66. The van der Waals surface area contributed by atoms with E-state index in [1.807, 2.05) is 0 Å². The quantitative estimate of drug-likeness (QED) is 0.295. The van der Waals surface area contributed by atoms with Crippen LogP contribution in [0.2, 0.25) is 0 Å². The first-order valence-corrected chi connectivity index (χ1v) is 3.26. The molecule has 1 rings (SSSR count). The molecule has 1 aromatic rings. The van der Waals surface area contributed by atoms with Gasteiger partial charge in [0.15, 0.2) is 5.84 Å². The van der Waals surface area contributed by atoms with Crippen LogP contribution in [0.15, 0.2) is 23.5 Å². The van der Waals surface area contributed by atoms with Crippen LogP contribution in [0.4, 0.5) is 4.39 Å². The van der Waals surface area contributed by atoms with E-state index in [0.717, 1.165) is 0 Å². The average Bonchev–Trinajstić information content (AvgIpc) is 2.17. The number of rotatable bonds is 2. The summed E-state index contributed by atoms with van der Waals surface area (Å²) in [6.07, 6.45) is 1.34. The molecule has 0 unspecified atom stereocenters. The lowest BCUT2D eigenvalue weighted by atomic mass is 10.2. The van der Waals surface area contributed by atoms with Gasteiger partial charge in [0.05, 0.1) is 0 Å². The lowest BCUT2D eigenvalue weighted by Gasteiger charge is -1.97. The molecule has 0 atom stereocenters. The van der Waals surface area contributed by atoms with E-state index in [-0.39, 0.29) is 5.84 Å². The predicted octanol–water partition coefficient (Wildman–Crippen LogP) is 0.646. The largest absolute Gasteiger partial charge is 0.409 e. The van der Waals surface area contributed by atoms with E-state index >= 15 is 0 Å². The van der Waals surface area contributed by atoms with Crippen LogP contribution in [0.3, 0.4) is 0 Å². The summed E-state index contributed by atoms with van der Waals surface area (Å²) in [4.78, 5) is 3.76. The number of halogens is 1. The lowest BCUT2D eigenvalue weighted by Crippen LogP contribution is -2.14. The van der Waals surface area contributed by atoms with Crippen LogP contribution in [-0.4, -0.2) is 16.0 Å². The minimum atomic E-state index is -0.566. The zero-order valence-corrected chi connectivity index (χ0v) is 6.24. The van der Waals surface area contributed by atoms with Crippen LogP contribution in [0.1, 0.15) is 11.3 Å². The zero-order chi connectivity index (χ0) is 8.97. The van der Waals surface area contributed by atoms with Crippen molar-refractivity contribution in [1.29, 1.82) is 0 Å². The number of nitrogens with two attached hydrogens (primary N) is 1. The van der Waals surface area contributed by atoms with E-state index in [4.69, 9.17) is 10.9 Å². The standard InChI is InChI=1S/C7H8FN3O/c8-3-5-1-2-6(10-4-5)7(9)11-12/h1-2,4,12H,3H2,(H2,9,11). The minimum absolute atomic E-state index is 0.0830. The van der Waals surface area contributed by atoms with Crippen LogP contribution in [0.25, 0.3) is 0 Å². The van der Waals surface area contributed by atoms with Crippen molar-refractivity contribution >= 4 is 5.84 Å². The Labute approximate surface area is 68.5 Å². The Hall–Kier alpha value is -1.65. The number of nitrogens with zero attached hydrogens (tertiary/aromatic N) is 2. The number of hydrogen-bond donors (Lipinski definition) is 2. The second-order valence-corrected chi connectivity index (χ2v) is 2.17. The number of amidine groups is 1. The molecule has 0 aliphatic carbocycles. The molecule has 0 aliphatic heterocycles. The summed E-state index contributed by atoms with van der Waals surface area (Å²) in [5.74, 6) is -0.0830. The third-order valence-electron chi connectivity index (χ3n) is 1.35. The fourth-order valence-electron chi connectivity index (χ4n) is 0.706. The van der Waals surface area contributed by atoms with Gasteiger partial charge in [-0.2, -0.15) is 0 Å². The molecule has 0 amide bonds. The van der Waals surface area contributed by atoms with Crippen LogP contribution >= 0.6 is 0 Å². The Kier molecular flexibility index (Phi) is 2.57. The molecular weight excluding hydrogens is 161 g/mol. The summed E-state index contributed by atoms with van der Waals surface area (Å²) in [5.41, 5.74) is 6.02. The first kappa shape index (κ1) is 8.45. The van der Waals surface area contributed by atoms with Gasteiger partial charge in [-0.25, -0.2) is 4.39 Å². The van der Waals surface area contributed by atoms with E-state index in [2.05, 4.69) is 10.1 Å². The number of hydrogen-bond acceptors (Lipinski definition) is 3. The Morgan fingerprint density at radius 2 is 2.42 bits per heavy atom. The fourth-order valence-corrected chi connectivity index (χ4v) is 0.706. The van der Waals surface area contributed by atoms with Crippen LogP contribution in [0, 0.1) is 0 Å². The summed E-state index contributed by atoms with van der Waals surface area (Å²) in [5, 5.41) is 11.0. The molecule has 0 bridgehead atoms. The van der Waals surface area contributed by atoms with E-state index in [1.165, 1.54) is 18.3 Å². The van der Waals surface area contributed by atoms with Gasteiger partial charge in [0, 0.05) is 11.8 Å². The topological polar surface area (TPSA) is 71.5 Å². The van der Waals surface area contributed by atoms with Gasteiger partial charge in [-0.1, -0.05) is 11.2 Å². The van der Waals surface area contributed by atoms with Gasteiger partial charge in [-0.05, 0) is 6.07 Å². The maximum Gasteiger partial charge on any atom is 0.188 e. The van der Waals surface area contributed by atoms with Gasteiger partial charge in [-0.15, -0.1) is 0 Å². The summed E-state index contributed by atoms with van der Waals surface area (Å²) in [7, 11) is 0. The minimum Gasteiger partial charge on any atom is -0.409 e. The first-order chi connectivity index (χ1) is 5.77. The van der Waals surface area contributed by atoms with E-state index in [0.29, 0.717) is 11.3 Å². The molecule has 1 aromatic heterocycles. The average molecular weight is 169 g/mol. The van der Waals surface area contributed by atoms with Gasteiger partial charge in [0.1, 0.15) is 12.4 Å². The Balaban J connectivity index is 2.92. The summed E-state index contributed by atoms with van der Waals surface area (Å²) in [6.45, 7) is -0.566. The molecule has 0 radical (unpaired) electrons. The highest BCUT2D eigenvalue weighted by atomic mass is 19.1. The maximum atomic E-state index is 12.0. The number of alkyl halides is 1. The summed E-state index contributed by atoms with van der Waals surface area (Å²) >= 11 is 0. The van der Waals surface area contributed by atoms with Crippen molar-refractivity contribution in [3.63, 3.8) is 0 Å². The van der Waals surface area contributed by atoms with Crippen molar-refractivity contribution in [3.05, 3.63) is 29.6 Å². The smallest absolute Gasteiger partial charge is 0.188 e. The van der Waals surface area contributed by atoms with Gasteiger partial charge >= 0.3 is 0 Å². The van der Waals surface area contributed by atoms with Crippen molar-refractivity contribution in [2.75, 3.05) is 0 Å². The number of aromatic nitrogens is 1. The van der Waals surface area contributed by atoms with Crippen LogP contribution in [-0.2, 0) is 6.67 Å². The van der Waals surface area contributed by atoms with Crippen molar-refractivity contribution in [2.24, 2.45) is 10.9 Å². The van der Waals surface area contributed by atoms with Crippen LogP contribution in [0.5, 0.6) is 0 Å². The Bertz CT molecular complexity index is 283. The van der Waals surface area contributed by atoms with Crippen molar-refractivity contribution < 1.29 is 9.60 Å². The van der Waals surface area contributed by atoms with Gasteiger partial charge in [0.2, 0.25) is 0 Å². The highest BCUT2D eigenvalue weighted by molar-refractivity contribution is 5.95. The predicted molar refractivity (Wildman–Crippen MR) is 41.6 cm³/mol. The zero-order valence-electron chi connectivity index (χ0n) is 6.24. The molecule has 3 N–H and O–H groups in total. The number of oxime groups is 1. The lowest BCUT2D eigenvalue weighted by molar-refractivity contribution is 0.318. The molecule has 0 spiro atoms. The van der Waals surface area contributed by atoms with Crippen LogP contribution < -0.4 is 5.73 Å². The normalized spacial score (nSPS) is 11.6. The third kappa shape index (κ3) is 1.69. The van der Waals surface area contributed by atoms with Crippen molar-refractivity contribution in [2.45, 2.75) is 6.67 Å². The molecule has 1 heterocycles. The summed E-state index contributed by atoms with van der Waals surface area (Å²) < 4.78 is 12.0. The highest BCUT2D eigenvalue weighted by Crippen LogP contribution is 2.01. The first-order valence-electron chi connectivity index (χ1n) is 3.26. The van der Waals surface area contributed by atoms with Crippen molar-refractivity contribution in [3.8, 4) is 0 Å². The monoisotopic (exact) mass is 169 g/mol. The van der Waals surface area contributed by atoms with Gasteiger partial charge < -0.3 is 10.9 Å². The van der Waals surface area contributed by atoms with Gasteiger partial charge in [-0.3, -0.25) is 4.98 Å². The van der Waals surface area contributed by atoms with Crippen molar-refractivity contribution in [1.82, 2.24) is 4.98 Å². The molecular formula is C7H8FN3O. The van der Waals surface area contributed by atoms with E-state index < -0.39 is 6.67 Å². The molecule has 12 heavy (non-hydrogen) atoms. The molecule has 4 nitrogen and oxygen atoms in total. The molecule has 5 heteroatoms. The van der Waals surface area contributed by atoms with E-state index in [1.54, 1.807) is 0 Å². The SMILES string of the molecule is NC(=NO)c1ccc(CF)cn1. The molecule has 0 saturated heterocycles. The molecule has 0 saturated carbocycles. The molecule has 0 fully saturated rings. The molecule has 64 valence electrons. The Morgan fingerprint density at radius 3 is 2.83 bits per heavy atom. The van der Waals surface area contributed by atoms with E-state index in [9.17, 15) is 4.39 Å². The fraction of sp³-hybridized carbons (Fsp3) is 0.143. The summed E-state index contributed by atoms with van der Waals surface area (Å²) in [6, 6.07) is 3.02. The van der Waals surface area contributed by atoms with Gasteiger partial charge in [0.25, 0.3) is 0 Å². The maximum absolute atomic E-state index is 12.0.